The maximum atomic E-state index is 12.2. The summed E-state index contributed by atoms with van der Waals surface area (Å²) in [6.45, 7) is 1.93. The van der Waals surface area contributed by atoms with Crippen LogP contribution in [0.2, 0.25) is 0 Å². The summed E-state index contributed by atoms with van der Waals surface area (Å²) in [5.74, 6) is 0.979. The fraction of sp³-hybridized carbons (Fsp3) is 0.188. The van der Waals surface area contributed by atoms with Gasteiger partial charge in [0.25, 0.3) is 0 Å². The number of benzene rings is 2. The van der Waals surface area contributed by atoms with Crippen LogP contribution in [-0.4, -0.2) is 18.1 Å². The lowest BCUT2D eigenvalue weighted by Gasteiger charge is -2.10. The van der Waals surface area contributed by atoms with Crippen LogP contribution in [0.15, 0.2) is 59.5 Å². The topological polar surface area (TPSA) is 26.3 Å². The van der Waals surface area contributed by atoms with E-state index < -0.39 is 0 Å². The second-order valence-corrected chi connectivity index (χ2v) is 5.58. The second-order valence-electron chi connectivity index (χ2n) is 4.17. The maximum absolute atomic E-state index is 12.2. The van der Waals surface area contributed by atoms with Gasteiger partial charge in [0.1, 0.15) is 5.75 Å². The van der Waals surface area contributed by atoms with Crippen LogP contribution in [0.3, 0.4) is 0 Å². The molecule has 98 valence electrons. The molecule has 3 heteroatoms. The van der Waals surface area contributed by atoms with E-state index in [-0.39, 0.29) is 11.0 Å². The first-order valence-corrected chi connectivity index (χ1v) is 6.98. The van der Waals surface area contributed by atoms with Crippen molar-refractivity contribution in [1.82, 2.24) is 0 Å². The molecule has 0 radical (unpaired) electrons. The molecule has 0 bridgehead atoms. The van der Waals surface area contributed by atoms with E-state index in [1.165, 1.54) is 0 Å². The molecule has 2 aromatic rings. The summed E-state index contributed by atoms with van der Waals surface area (Å²) in [5, 5.41) is -0.101. The molecule has 2 rings (SSSR count). The van der Waals surface area contributed by atoms with Gasteiger partial charge < -0.3 is 4.74 Å². The number of hydrogen-bond acceptors (Lipinski definition) is 3. The van der Waals surface area contributed by atoms with Crippen molar-refractivity contribution in [3.63, 3.8) is 0 Å². The van der Waals surface area contributed by atoms with E-state index in [4.69, 9.17) is 4.74 Å². The largest absolute Gasteiger partial charge is 0.497 e. The Morgan fingerprint density at radius 3 is 2.26 bits per heavy atom. The first kappa shape index (κ1) is 13.7. The number of methoxy groups -OCH3 is 1. The zero-order valence-electron chi connectivity index (χ0n) is 11.0. The quantitative estimate of drug-likeness (QED) is 0.606. The van der Waals surface area contributed by atoms with Gasteiger partial charge in [0.2, 0.25) is 0 Å². The molecule has 0 aliphatic rings. The van der Waals surface area contributed by atoms with Crippen LogP contribution in [0, 0.1) is 0 Å². The summed E-state index contributed by atoms with van der Waals surface area (Å²) in [4.78, 5) is 13.3. The summed E-state index contributed by atoms with van der Waals surface area (Å²) in [6.07, 6.45) is 0. The Balaban J connectivity index is 2.04. The van der Waals surface area contributed by atoms with Gasteiger partial charge in [-0.25, -0.2) is 0 Å². The molecule has 0 amide bonds. The fourth-order valence-electron chi connectivity index (χ4n) is 1.75. The molecule has 0 aliphatic carbocycles. The molecule has 2 aromatic carbocycles. The van der Waals surface area contributed by atoms with Crippen molar-refractivity contribution in [3.8, 4) is 5.75 Å². The molecular formula is C16H16O2S. The fourth-order valence-corrected chi connectivity index (χ4v) is 2.69. The first-order chi connectivity index (χ1) is 9.20. The number of carbonyl (C=O) groups excluding carboxylic acids is 1. The van der Waals surface area contributed by atoms with E-state index >= 15 is 0 Å². The zero-order valence-corrected chi connectivity index (χ0v) is 11.8. The molecule has 0 N–H and O–H groups in total. The maximum Gasteiger partial charge on any atom is 0.175 e. The molecule has 0 saturated heterocycles. The van der Waals surface area contributed by atoms with Crippen molar-refractivity contribution >= 4 is 17.5 Å². The number of ether oxygens (including phenoxy) is 1. The zero-order chi connectivity index (χ0) is 13.7. The Hall–Kier alpha value is -1.74. The van der Waals surface area contributed by atoms with E-state index in [0.29, 0.717) is 0 Å². The standard InChI is InChI=1S/C16H16O2S/c1-12(16(17)13-6-4-3-5-7-13)19-15-10-8-14(18-2)9-11-15/h3-12H,1-2H3. The highest BCUT2D eigenvalue weighted by atomic mass is 32.2. The summed E-state index contributed by atoms with van der Waals surface area (Å²) in [6, 6.07) is 17.1. The van der Waals surface area contributed by atoms with Crippen LogP contribution in [0.1, 0.15) is 17.3 Å². The smallest absolute Gasteiger partial charge is 0.175 e. The van der Waals surface area contributed by atoms with Crippen LogP contribution >= 0.6 is 11.8 Å². The summed E-state index contributed by atoms with van der Waals surface area (Å²) < 4.78 is 5.11. The minimum atomic E-state index is -0.101. The lowest BCUT2D eigenvalue weighted by atomic mass is 10.1. The average molecular weight is 272 g/mol. The van der Waals surface area contributed by atoms with E-state index in [1.807, 2.05) is 61.5 Å². The molecule has 1 unspecified atom stereocenters. The molecule has 0 spiro atoms. The molecule has 1 atom stereocenters. The van der Waals surface area contributed by atoms with Gasteiger partial charge in [0, 0.05) is 10.5 Å². The predicted octanol–water partition coefficient (Wildman–Crippen LogP) is 4.06. The van der Waals surface area contributed by atoms with Crippen molar-refractivity contribution in [2.45, 2.75) is 17.1 Å². The minimum Gasteiger partial charge on any atom is -0.497 e. The summed E-state index contributed by atoms with van der Waals surface area (Å²) in [5.41, 5.74) is 0.760. The molecule has 0 fully saturated rings. The van der Waals surface area contributed by atoms with Gasteiger partial charge in [0.05, 0.1) is 12.4 Å². The van der Waals surface area contributed by atoms with Crippen molar-refractivity contribution in [2.75, 3.05) is 7.11 Å². The van der Waals surface area contributed by atoms with Crippen LogP contribution in [0.5, 0.6) is 5.75 Å². The second kappa shape index (κ2) is 6.43. The Bertz CT molecular complexity index is 534. The third-order valence-corrected chi connectivity index (χ3v) is 3.91. The van der Waals surface area contributed by atoms with E-state index in [0.717, 1.165) is 16.2 Å². The predicted molar refractivity (Wildman–Crippen MR) is 79.1 cm³/mol. The lowest BCUT2D eigenvalue weighted by molar-refractivity contribution is 0.0994. The number of ketones is 1. The average Bonchev–Trinajstić information content (AvgIpc) is 2.48. The Morgan fingerprint density at radius 2 is 1.68 bits per heavy atom. The van der Waals surface area contributed by atoms with Crippen molar-refractivity contribution in [1.29, 1.82) is 0 Å². The molecule has 0 heterocycles. The summed E-state index contributed by atoms with van der Waals surface area (Å²) >= 11 is 1.56. The van der Waals surface area contributed by atoms with Crippen LogP contribution < -0.4 is 4.74 Å². The monoisotopic (exact) mass is 272 g/mol. The molecule has 0 aliphatic heterocycles. The Morgan fingerprint density at radius 1 is 1.05 bits per heavy atom. The van der Waals surface area contributed by atoms with Crippen LogP contribution in [0.25, 0.3) is 0 Å². The van der Waals surface area contributed by atoms with Gasteiger partial charge in [-0.05, 0) is 31.2 Å². The van der Waals surface area contributed by atoms with Crippen molar-refractivity contribution in [3.05, 3.63) is 60.2 Å². The number of Topliss-reactive ketones (excluding diaryl/α,β-unsaturated/α-hetero) is 1. The minimum absolute atomic E-state index is 0.101. The molecule has 2 nitrogen and oxygen atoms in total. The summed E-state index contributed by atoms with van der Waals surface area (Å²) in [7, 11) is 1.64. The van der Waals surface area contributed by atoms with E-state index in [9.17, 15) is 4.79 Å². The lowest BCUT2D eigenvalue weighted by Crippen LogP contribution is -2.13. The van der Waals surface area contributed by atoms with Crippen LogP contribution in [0.4, 0.5) is 0 Å². The molecule has 19 heavy (non-hydrogen) atoms. The first-order valence-electron chi connectivity index (χ1n) is 6.10. The van der Waals surface area contributed by atoms with Gasteiger partial charge in [0.15, 0.2) is 5.78 Å². The van der Waals surface area contributed by atoms with Gasteiger partial charge in [-0.1, -0.05) is 30.3 Å². The third-order valence-electron chi connectivity index (χ3n) is 2.80. The Kier molecular flexibility index (Phi) is 4.63. The number of hydrogen-bond donors (Lipinski definition) is 0. The van der Waals surface area contributed by atoms with Gasteiger partial charge in [-0.15, -0.1) is 11.8 Å². The highest BCUT2D eigenvalue weighted by Crippen LogP contribution is 2.27. The SMILES string of the molecule is COc1ccc(SC(C)C(=O)c2ccccc2)cc1. The van der Waals surface area contributed by atoms with Gasteiger partial charge >= 0.3 is 0 Å². The highest BCUT2D eigenvalue weighted by molar-refractivity contribution is 8.00. The van der Waals surface area contributed by atoms with Crippen LogP contribution in [-0.2, 0) is 0 Å². The van der Waals surface area contributed by atoms with E-state index in [1.54, 1.807) is 18.9 Å². The third kappa shape index (κ3) is 3.61. The number of thioether (sulfide) groups is 1. The van der Waals surface area contributed by atoms with Gasteiger partial charge in [-0.2, -0.15) is 0 Å². The van der Waals surface area contributed by atoms with Crippen molar-refractivity contribution in [2.24, 2.45) is 0 Å². The van der Waals surface area contributed by atoms with Gasteiger partial charge in [-0.3, -0.25) is 4.79 Å². The highest BCUT2D eigenvalue weighted by Gasteiger charge is 2.15. The number of carbonyl (C=O) groups is 1. The molecular weight excluding hydrogens is 256 g/mol. The van der Waals surface area contributed by atoms with E-state index in [2.05, 4.69) is 0 Å². The normalized spacial score (nSPS) is 11.9. The Labute approximate surface area is 117 Å². The van der Waals surface area contributed by atoms with Crippen molar-refractivity contribution < 1.29 is 9.53 Å². The number of rotatable bonds is 5. The molecule has 0 saturated carbocycles. The molecule has 0 aromatic heterocycles.